The van der Waals surface area contributed by atoms with Gasteiger partial charge in [0.2, 0.25) is 10.0 Å². The number of carbonyl (C=O) groups is 1. The van der Waals surface area contributed by atoms with Gasteiger partial charge in [-0.1, -0.05) is 25.5 Å². The minimum absolute atomic E-state index is 0.00122. The van der Waals surface area contributed by atoms with Crippen LogP contribution in [-0.2, 0) is 15.8 Å². The van der Waals surface area contributed by atoms with Crippen LogP contribution in [0.25, 0.3) is 0 Å². The molecule has 0 saturated carbocycles. The van der Waals surface area contributed by atoms with Crippen molar-refractivity contribution < 1.29 is 13.2 Å². The van der Waals surface area contributed by atoms with Gasteiger partial charge in [0.25, 0.3) is 5.91 Å². The molecule has 5 nitrogen and oxygen atoms in total. The summed E-state index contributed by atoms with van der Waals surface area (Å²) in [6.45, 7) is 10.5. The maximum absolute atomic E-state index is 13.0. The minimum Gasteiger partial charge on any atom is -0.336 e. The Morgan fingerprint density at radius 1 is 1.27 bits per heavy atom. The van der Waals surface area contributed by atoms with Gasteiger partial charge < -0.3 is 4.90 Å². The van der Waals surface area contributed by atoms with Gasteiger partial charge in [0.15, 0.2) is 0 Å². The van der Waals surface area contributed by atoms with Crippen LogP contribution in [-0.4, -0.2) is 37.4 Å². The summed E-state index contributed by atoms with van der Waals surface area (Å²) in [7, 11) is -3.46. The molecule has 0 bridgehead atoms. The zero-order valence-electron chi connectivity index (χ0n) is 16.6. The quantitative estimate of drug-likeness (QED) is 0.849. The molecule has 1 N–H and O–H groups in total. The second-order valence-electron chi connectivity index (χ2n) is 8.47. The average molecular weight is 381 g/mol. The Morgan fingerprint density at radius 3 is 2.58 bits per heavy atom. The molecule has 0 aliphatic carbocycles. The molecule has 1 aliphatic rings. The maximum Gasteiger partial charge on any atom is 0.254 e. The average Bonchev–Trinajstić information content (AvgIpc) is 2.52. The van der Waals surface area contributed by atoms with E-state index in [2.05, 4.69) is 18.6 Å². The van der Waals surface area contributed by atoms with Gasteiger partial charge in [-0.25, -0.2) is 13.1 Å². The molecule has 1 amide bonds. The highest BCUT2D eigenvalue weighted by atomic mass is 32.2. The Kier molecular flexibility index (Phi) is 6.51. The van der Waals surface area contributed by atoms with Crippen molar-refractivity contribution in [3.05, 3.63) is 35.4 Å². The van der Waals surface area contributed by atoms with Gasteiger partial charge in [-0.2, -0.15) is 0 Å². The third kappa shape index (κ3) is 5.81. The van der Waals surface area contributed by atoms with Gasteiger partial charge in [-0.15, -0.1) is 0 Å². The molecule has 26 heavy (non-hydrogen) atoms. The molecular formula is C20H32N2O3S. The summed E-state index contributed by atoms with van der Waals surface area (Å²) < 4.78 is 27.3. The van der Waals surface area contributed by atoms with Crippen molar-refractivity contribution in [2.75, 3.05) is 6.54 Å². The van der Waals surface area contributed by atoms with Gasteiger partial charge in [-0.05, 0) is 64.2 Å². The third-order valence-corrected chi connectivity index (χ3v) is 6.45. The lowest BCUT2D eigenvalue weighted by molar-refractivity contribution is 0.0556. The number of hydrogen-bond acceptors (Lipinski definition) is 3. The molecule has 0 unspecified atom stereocenters. The number of carbonyl (C=O) groups excluding carboxylic acids is 1. The Bertz CT molecular complexity index is 738. The number of hydrogen-bond donors (Lipinski definition) is 1. The largest absolute Gasteiger partial charge is 0.336 e. The summed E-state index contributed by atoms with van der Waals surface area (Å²) >= 11 is 0. The van der Waals surface area contributed by atoms with Crippen LogP contribution in [0.4, 0.5) is 0 Å². The van der Waals surface area contributed by atoms with Crippen molar-refractivity contribution in [2.24, 2.45) is 5.92 Å². The highest BCUT2D eigenvalue weighted by Gasteiger charge is 2.29. The van der Waals surface area contributed by atoms with E-state index in [1.54, 1.807) is 24.3 Å². The molecule has 1 aliphatic heterocycles. The molecule has 0 radical (unpaired) electrons. The van der Waals surface area contributed by atoms with Crippen molar-refractivity contribution >= 4 is 15.9 Å². The summed E-state index contributed by atoms with van der Waals surface area (Å²) in [6, 6.07) is 7.24. The number of rotatable bonds is 5. The Morgan fingerprint density at radius 2 is 1.96 bits per heavy atom. The fourth-order valence-electron chi connectivity index (χ4n) is 3.48. The summed E-state index contributed by atoms with van der Waals surface area (Å²) in [4.78, 5) is 14.9. The number of sulfonamides is 1. The lowest BCUT2D eigenvalue weighted by atomic mass is 9.91. The van der Waals surface area contributed by atoms with Crippen LogP contribution >= 0.6 is 0 Å². The molecule has 0 spiro atoms. The van der Waals surface area contributed by atoms with Crippen molar-refractivity contribution in [3.63, 3.8) is 0 Å². The molecule has 1 heterocycles. The first-order valence-corrected chi connectivity index (χ1v) is 11.1. The standard InChI is InChI=1S/C20H32N2O3S/c1-6-16-11-10-15(2)22(13-16)19(23)18-9-7-8-17(12-18)14-26(24,25)21-20(3,4)5/h7-9,12,15-16,21H,6,10-11,13-14H2,1-5H3/t15-,16+/m1/s1. The van der Waals surface area contributed by atoms with Crippen molar-refractivity contribution in [1.82, 2.24) is 9.62 Å². The molecule has 146 valence electrons. The van der Waals surface area contributed by atoms with E-state index in [1.165, 1.54) is 0 Å². The van der Waals surface area contributed by atoms with E-state index in [1.807, 2.05) is 25.7 Å². The molecular weight excluding hydrogens is 348 g/mol. The van der Waals surface area contributed by atoms with Crippen LogP contribution in [0.2, 0.25) is 0 Å². The fraction of sp³-hybridized carbons (Fsp3) is 0.650. The van der Waals surface area contributed by atoms with E-state index < -0.39 is 15.6 Å². The normalized spacial score (nSPS) is 21.7. The van der Waals surface area contributed by atoms with E-state index in [0.717, 1.165) is 25.8 Å². The van der Waals surface area contributed by atoms with E-state index in [4.69, 9.17) is 0 Å². The highest BCUT2D eigenvalue weighted by Crippen LogP contribution is 2.26. The van der Waals surface area contributed by atoms with Gasteiger partial charge in [-0.3, -0.25) is 4.79 Å². The van der Waals surface area contributed by atoms with Gasteiger partial charge in [0.1, 0.15) is 0 Å². The molecule has 1 saturated heterocycles. The molecule has 2 rings (SSSR count). The van der Waals surface area contributed by atoms with E-state index in [9.17, 15) is 13.2 Å². The maximum atomic E-state index is 13.0. The third-order valence-electron chi connectivity index (χ3n) is 4.81. The monoisotopic (exact) mass is 380 g/mol. The number of benzene rings is 1. The number of piperidine rings is 1. The number of nitrogens with one attached hydrogen (secondary N) is 1. The molecule has 2 atom stereocenters. The fourth-order valence-corrected chi connectivity index (χ4v) is 5.10. The first kappa shape index (κ1) is 20.9. The SMILES string of the molecule is CC[C@H]1CC[C@@H](C)N(C(=O)c2cccc(CS(=O)(=O)NC(C)(C)C)c2)C1. The molecule has 0 aromatic heterocycles. The molecule has 1 aromatic rings. The molecule has 1 aromatic carbocycles. The van der Waals surface area contributed by atoms with Crippen molar-refractivity contribution in [2.45, 2.75) is 71.2 Å². The number of likely N-dealkylation sites (tertiary alicyclic amines) is 1. The lowest BCUT2D eigenvalue weighted by Crippen LogP contribution is -2.45. The van der Waals surface area contributed by atoms with Crippen molar-refractivity contribution in [1.29, 1.82) is 0 Å². The van der Waals surface area contributed by atoms with Gasteiger partial charge in [0.05, 0.1) is 5.75 Å². The summed E-state index contributed by atoms with van der Waals surface area (Å²) in [6.07, 6.45) is 3.26. The minimum atomic E-state index is -3.46. The van der Waals surface area contributed by atoms with E-state index in [-0.39, 0.29) is 17.7 Å². The van der Waals surface area contributed by atoms with Crippen LogP contribution < -0.4 is 4.72 Å². The van der Waals surface area contributed by atoms with Gasteiger partial charge >= 0.3 is 0 Å². The predicted molar refractivity (Wildman–Crippen MR) is 105 cm³/mol. The number of nitrogens with zero attached hydrogens (tertiary/aromatic N) is 1. The van der Waals surface area contributed by atoms with Gasteiger partial charge in [0, 0.05) is 23.7 Å². The first-order valence-electron chi connectivity index (χ1n) is 9.42. The summed E-state index contributed by atoms with van der Waals surface area (Å²) in [5.41, 5.74) is 0.673. The molecule has 1 fully saturated rings. The molecule has 6 heteroatoms. The second kappa shape index (κ2) is 8.09. The predicted octanol–water partition coefficient (Wildman–Crippen LogP) is 3.56. The second-order valence-corrected chi connectivity index (χ2v) is 10.2. The first-order chi connectivity index (χ1) is 12.0. The smallest absolute Gasteiger partial charge is 0.254 e. The van der Waals surface area contributed by atoms with Crippen LogP contribution in [0, 0.1) is 5.92 Å². The summed E-state index contributed by atoms with van der Waals surface area (Å²) in [5.74, 6) is 0.423. The zero-order chi connectivity index (χ0) is 19.5. The summed E-state index contributed by atoms with van der Waals surface area (Å²) in [5, 5.41) is 0. The zero-order valence-corrected chi connectivity index (χ0v) is 17.4. The van der Waals surface area contributed by atoms with E-state index >= 15 is 0 Å². The Balaban J connectivity index is 2.16. The van der Waals surface area contributed by atoms with Crippen LogP contribution in [0.15, 0.2) is 24.3 Å². The van der Waals surface area contributed by atoms with Crippen molar-refractivity contribution in [3.8, 4) is 0 Å². The van der Waals surface area contributed by atoms with Crippen LogP contribution in [0.5, 0.6) is 0 Å². The number of amides is 1. The van der Waals surface area contributed by atoms with Crippen LogP contribution in [0.1, 0.15) is 69.8 Å². The topological polar surface area (TPSA) is 66.5 Å². The highest BCUT2D eigenvalue weighted by molar-refractivity contribution is 7.88. The van der Waals surface area contributed by atoms with Crippen LogP contribution in [0.3, 0.4) is 0 Å². The Labute approximate surface area is 158 Å². The lowest BCUT2D eigenvalue weighted by Gasteiger charge is -2.38. The Hall–Kier alpha value is -1.40. The van der Waals surface area contributed by atoms with E-state index in [0.29, 0.717) is 17.0 Å².